The van der Waals surface area contributed by atoms with E-state index in [1.807, 2.05) is 16.9 Å². The second kappa shape index (κ2) is 12.9. The van der Waals surface area contributed by atoms with E-state index in [1.54, 1.807) is 12.3 Å². The van der Waals surface area contributed by atoms with Crippen molar-refractivity contribution in [1.29, 1.82) is 0 Å². The minimum Gasteiger partial charge on any atom is -0.371 e. The smallest absolute Gasteiger partial charge is 0.301 e. The number of H-pyrrole nitrogens is 1. The summed E-state index contributed by atoms with van der Waals surface area (Å²) in [6.45, 7) is 5.84. The first-order valence-corrected chi connectivity index (χ1v) is 17.3. The highest BCUT2D eigenvalue weighted by atomic mass is 32.2. The molecule has 10 nitrogen and oxygen atoms in total. The number of anilines is 2. The number of pyridine rings is 1. The number of ketones is 1. The molecule has 1 atom stereocenters. The molecule has 0 aliphatic carbocycles. The zero-order valence-electron chi connectivity index (χ0n) is 25.7. The van der Waals surface area contributed by atoms with Crippen molar-refractivity contribution in [2.45, 2.75) is 31.5 Å². The standard InChI is InChI=1S/C33H36F3N7O3S/c34-23-7-14-43(20-23)47(45,46)40-29-6-5-28(35)30(31(29)36)32(44)27-19-39-33-26(27)17-22(18-38-33)21-1-3-24(4-2-21)41-12-8-25(9-13-41)42-15-10-37-11-16-42/h1-6,17-19,23,25,37,40H,7-16,20H2,(H,38,39)/t23-/m1/s1. The Labute approximate surface area is 271 Å². The molecule has 0 unspecified atom stereocenters. The van der Waals surface area contributed by atoms with Crippen molar-refractivity contribution in [1.82, 2.24) is 24.5 Å². The van der Waals surface area contributed by atoms with Crippen LogP contribution >= 0.6 is 0 Å². The average molecular weight is 668 g/mol. The van der Waals surface area contributed by atoms with Gasteiger partial charge >= 0.3 is 10.2 Å². The Kier molecular flexibility index (Phi) is 8.68. The fraction of sp³-hybridized carbons (Fsp3) is 0.394. The van der Waals surface area contributed by atoms with Crippen molar-refractivity contribution >= 4 is 38.4 Å². The van der Waals surface area contributed by atoms with Crippen LogP contribution in [-0.2, 0) is 10.2 Å². The number of piperazine rings is 1. The van der Waals surface area contributed by atoms with Crippen LogP contribution in [0.4, 0.5) is 24.5 Å². The number of fused-ring (bicyclic) bond motifs is 1. The third-order valence-corrected chi connectivity index (χ3v) is 11.0. The van der Waals surface area contributed by atoms with Crippen molar-refractivity contribution in [3.63, 3.8) is 0 Å². The summed E-state index contributed by atoms with van der Waals surface area (Å²) < 4.78 is 72.5. The van der Waals surface area contributed by atoms with Crippen LogP contribution < -0.4 is 14.9 Å². The molecule has 2 aromatic carbocycles. The molecule has 0 radical (unpaired) electrons. The predicted molar refractivity (Wildman–Crippen MR) is 175 cm³/mol. The van der Waals surface area contributed by atoms with E-state index in [9.17, 15) is 22.0 Å². The van der Waals surface area contributed by atoms with Gasteiger partial charge in [0.25, 0.3) is 0 Å². The molecule has 7 rings (SSSR count). The van der Waals surface area contributed by atoms with E-state index in [2.05, 4.69) is 37.2 Å². The lowest BCUT2D eigenvalue weighted by Crippen LogP contribution is -2.52. The molecule has 3 aliphatic heterocycles. The maximum Gasteiger partial charge on any atom is 0.301 e. The number of hydrogen-bond acceptors (Lipinski definition) is 7. The number of hydrogen-bond donors (Lipinski definition) is 3. The first kappa shape index (κ1) is 31.6. The second-order valence-corrected chi connectivity index (χ2v) is 14.0. The Morgan fingerprint density at radius 3 is 2.38 bits per heavy atom. The van der Waals surface area contributed by atoms with Gasteiger partial charge in [0, 0.05) is 93.0 Å². The van der Waals surface area contributed by atoms with E-state index in [0.29, 0.717) is 22.6 Å². The molecule has 5 heterocycles. The average Bonchev–Trinajstić information content (AvgIpc) is 3.73. The van der Waals surface area contributed by atoms with Crippen molar-refractivity contribution in [3.8, 4) is 11.1 Å². The number of aromatic nitrogens is 2. The molecule has 3 N–H and O–H groups in total. The lowest BCUT2D eigenvalue weighted by Gasteiger charge is -2.41. The second-order valence-electron chi connectivity index (χ2n) is 12.3. The lowest BCUT2D eigenvalue weighted by atomic mass is 9.99. The SMILES string of the molecule is O=C(c1c(F)ccc(NS(=O)(=O)N2CC[C@@H](F)C2)c1F)c1c[nH]c2ncc(-c3ccc(N4CCC(N5CCNCC5)CC4)cc3)cc12. The number of nitrogens with one attached hydrogen (secondary N) is 3. The lowest BCUT2D eigenvalue weighted by molar-refractivity contribution is 0.103. The van der Waals surface area contributed by atoms with Crippen LogP contribution in [0.25, 0.3) is 22.2 Å². The van der Waals surface area contributed by atoms with E-state index in [1.165, 1.54) is 6.20 Å². The Morgan fingerprint density at radius 2 is 1.68 bits per heavy atom. The Bertz CT molecular complexity index is 1890. The van der Waals surface area contributed by atoms with Gasteiger partial charge in [0.15, 0.2) is 5.82 Å². The zero-order valence-corrected chi connectivity index (χ0v) is 26.5. The normalized spacial score (nSPS) is 20.2. The number of benzene rings is 2. The van der Waals surface area contributed by atoms with Gasteiger partial charge in [0.1, 0.15) is 17.6 Å². The highest BCUT2D eigenvalue weighted by Gasteiger charge is 2.33. The summed E-state index contributed by atoms with van der Waals surface area (Å²) in [4.78, 5) is 25.9. The summed E-state index contributed by atoms with van der Waals surface area (Å²) in [6, 6.07) is 12.2. The van der Waals surface area contributed by atoms with Crippen LogP contribution in [0.2, 0.25) is 0 Å². The van der Waals surface area contributed by atoms with E-state index in [0.717, 1.165) is 79.8 Å². The molecule has 248 valence electrons. The van der Waals surface area contributed by atoms with Crippen LogP contribution in [0, 0.1) is 11.6 Å². The van der Waals surface area contributed by atoms with Gasteiger partial charge in [-0.1, -0.05) is 12.1 Å². The maximum atomic E-state index is 15.6. The molecule has 3 aliphatic rings. The predicted octanol–water partition coefficient (Wildman–Crippen LogP) is 4.31. The van der Waals surface area contributed by atoms with Crippen molar-refractivity contribution in [2.24, 2.45) is 0 Å². The van der Waals surface area contributed by atoms with Gasteiger partial charge in [-0.3, -0.25) is 14.4 Å². The first-order chi connectivity index (χ1) is 22.7. The van der Waals surface area contributed by atoms with Gasteiger partial charge in [-0.05, 0) is 55.2 Å². The van der Waals surface area contributed by atoms with Crippen molar-refractivity contribution in [2.75, 3.05) is 62.0 Å². The molecule has 0 amide bonds. The summed E-state index contributed by atoms with van der Waals surface area (Å²) in [5, 5.41) is 3.78. The van der Waals surface area contributed by atoms with Crippen molar-refractivity contribution in [3.05, 3.63) is 77.6 Å². The minimum absolute atomic E-state index is 0.0176. The van der Waals surface area contributed by atoms with Gasteiger partial charge in [0.05, 0.1) is 11.3 Å². The molecule has 47 heavy (non-hydrogen) atoms. The number of halogens is 3. The zero-order chi connectivity index (χ0) is 32.7. The Hall–Kier alpha value is -3.98. The van der Waals surface area contributed by atoms with Gasteiger partial charge in [-0.2, -0.15) is 12.7 Å². The molecule has 3 fully saturated rings. The van der Waals surface area contributed by atoms with Gasteiger partial charge < -0.3 is 15.2 Å². The molecule has 0 bridgehead atoms. The number of carbonyl (C=O) groups is 1. The number of rotatable bonds is 8. The van der Waals surface area contributed by atoms with Crippen LogP contribution in [0.15, 0.2) is 54.9 Å². The monoisotopic (exact) mass is 667 g/mol. The number of aromatic amines is 1. The van der Waals surface area contributed by atoms with E-state index < -0.39 is 45.0 Å². The first-order valence-electron chi connectivity index (χ1n) is 15.9. The van der Waals surface area contributed by atoms with E-state index >= 15 is 4.39 Å². The van der Waals surface area contributed by atoms with Crippen LogP contribution in [0.5, 0.6) is 0 Å². The van der Waals surface area contributed by atoms with Gasteiger partial charge in [-0.15, -0.1) is 0 Å². The molecule has 2 aromatic heterocycles. The Morgan fingerprint density at radius 1 is 0.936 bits per heavy atom. The Balaban J connectivity index is 1.09. The summed E-state index contributed by atoms with van der Waals surface area (Å²) >= 11 is 0. The fourth-order valence-electron chi connectivity index (χ4n) is 6.83. The molecule has 14 heteroatoms. The van der Waals surface area contributed by atoms with Crippen molar-refractivity contribution < 1.29 is 26.4 Å². The third kappa shape index (κ3) is 6.34. The summed E-state index contributed by atoms with van der Waals surface area (Å²) in [5.41, 5.74) is 1.54. The molecule has 0 spiro atoms. The molecule has 0 saturated carbocycles. The van der Waals surface area contributed by atoms with Crippen LogP contribution in [0.1, 0.15) is 35.2 Å². The topological polar surface area (TPSA) is 114 Å². The van der Waals surface area contributed by atoms with E-state index in [-0.39, 0.29) is 25.1 Å². The number of piperidine rings is 1. The highest BCUT2D eigenvalue weighted by molar-refractivity contribution is 7.90. The number of alkyl halides is 1. The van der Waals surface area contributed by atoms with Gasteiger partial charge in [0.2, 0.25) is 5.78 Å². The summed E-state index contributed by atoms with van der Waals surface area (Å²) in [5.74, 6) is -3.48. The summed E-state index contributed by atoms with van der Waals surface area (Å²) in [6.07, 6.45) is 3.94. The minimum atomic E-state index is -4.32. The highest BCUT2D eigenvalue weighted by Crippen LogP contribution is 2.32. The molecular weight excluding hydrogens is 631 g/mol. The summed E-state index contributed by atoms with van der Waals surface area (Å²) in [7, 11) is -4.32. The van der Waals surface area contributed by atoms with Crippen LogP contribution in [-0.4, -0.2) is 97.9 Å². The van der Waals surface area contributed by atoms with E-state index in [4.69, 9.17) is 0 Å². The fourth-order valence-corrected chi connectivity index (χ4v) is 8.10. The van der Waals surface area contributed by atoms with Crippen LogP contribution in [0.3, 0.4) is 0 Å². The quantitative estimate of drug-likeness (QED) is 0.240. The number of carbonyl (C=O) groups excluding carboxylic acids is 1. The van der Waals surface area contributed by atoms with Gasteiger partial charge in [-0.25, -0.2) is 18.2 Å². The molecule has 4 aromatic rings. The largest absolute Gasteiger partial charge is 0.371 e. The third-order valence-electron chi connectivity index (χ3n) is 9.46. The molecule has 3 saturated heterocycles. The number of nitrogens with zero attached hydrogens (tertiary/aromatic N) is 4. The molecular formula is C33H36F3N7O3S. The maximum absolute atomic E-state index is 15.6.